The molecule has 0 aromatic rings. The van der Waals surface area contributed by atoms with E-state index in [-0.39, 0.29) is 17.4 Å². The maximum atomic E-state index is 12.2. The first kappa shape index (κ1) is 15.2. The number of aliphatic hydroxyl groups excluding tert-OH is 1. The second-order valence-corrected chi connectivity index (χ2v) is 9.57. The molecule has 2 unspecified atom stereocenters. The van der Waals surface area contributed by atoms with Gasteiger partial charge in [0.15, 0.2) is 0 Å². The van der Waals surface area contributed by atoms with Gasteiger partial charge in [-0.1, -0.05) is 20.8 Å². The molecule has 0 aliphatic heterocycles. The van der Waals surface area contributed by atoms with Crippen molar-refractivity contribution in [3.8, 4) is 0 Å². The van der Waals surface area contributed by atoms with Crippen LogP contribution in [0.4, 0.5) is 0 Å². The summed E-state index contributed by atoms with van der Waals surface area (Å²) in [6.07, 6.45) is 9.16. The number of fused-ring (bicyclic) bond motifs is 5. The Hall–Kier alpha value is -0.370. The molecule has 4 saturated carbocycles. The summed E-state index contributed by atoms with van der Waals surface area (Å²) in [5.74, 6) is 3.74. The fraction of sp³-hybridized carbons (Fsp3) is 0.950. The highest BCUT2D eigenvalue weighted by Crippen LogP contribution is 2.66. The minimum atomic E-state index is -0.0733. The van der Waals surface area contributed by atoms with Crippen LogP contribution in [0.15, 0.2) is 0 Å². The van der Waals surface area contributed by atoms with Gasteiger partial charge in [0.25, 0.3) is 0 Å². The number of Topliss-reactive ketones (excluding diaryl/α,β-unsaturated/α-hetero) is 1. The van der Waals surface area contributed by atoms with Gasteiger partial charge in [0.2, 0.25) is 0 Å². The third-order valence-corrected chi connectivity index (χ3v) is 8.76. The number of carbonyl (C=O) groups is 1. The molecule has 1 N–H and O–H groups in total. The Balaban J connectivity index is 1.65. The second-order valence-electron chi connectivity index (χ2n) is 9.57. The summed E-state index contributed by atoms with van der Waals surface area (Å²) < 4.78 is 0. The summed E-state index contributed by atoms with van der Waals surface area (Å²) in [4.78, 5) is 12.2. The van der Waals surface area contributed by atoms with Crippen LogP contribution in [0.25, 0.3) is 0 Å². The normalized spacial score (nSPS) is 57.9. The number of aliphatic hydroxyl groups is 1. The first-order valence-corrected chi connectivity index (χ1v) is 9.57. The molecule has 4 aliphatic carbocycles. The van der Waals surface area contributed by atoms with Gasteiger partial charge < -0.3 is 5.11 Å². The zero-order valence-electron chi connectivity index (χ0n) is 14.5. The molecular formula is C20H32O2. The number of ketones is 1. The van der Waals surface area contributed by atoms with E-state index in [0.29, 0.717) is 17.1 Å². The maximum Gasteiger partial charge on any atom is 0.136 e. The van der Waals surface area contributed by atoms with E-state index < -0.39 is 0 Å². The van der Waals surface area contributed by atoms with Crippen molar-refractivity contribution < 1.29 is 9.90 Å². The molecule has 0 aromatic heterocycles. The van der Waals surface area contributed by atoms with Gasteiger partial charge in [-0.2, -0.15) is 0 Å². The van der Waals surface area contributed by atoms with Crippen molar-refractivity contribution in [2.24, 2.45) is 40.4 Å². The van der Waals surface area contributed by atoms with Crippen LogP contribution in [0.5, 0.6) is 0 Å². The summed E-state index contributed by atoms with van der Waals surface area (Å²) >= 11 is 0. The third-order valence-electron chi connectivity index (χ3n) is 8.76. The third kappa shape index (κ3) is 1.85. The van der Waals surface area contributed by atoms with Crippen LogP contribution in [0, 0.1) is 40.4 Å². The Labute approximate surface area is 135 Å². The van der Waals surface area contributed by atoms with Crippen molar-refractivity contribution >= 4 is 5.78 Å². The maximum absolute atomic E-state index is 12.2. The van der Waals surface area contributed by atoms with Gasteiger partial charge in [-0.3, -0.25) is 4.79 Å². The Morgan fingerprint density at radius 1 is 1.00 bits per heavy atom. The van der Waals surface area contributed by atoms with Crippen LogP contribution >= 0.6 is 0 Å². The van der Waals surface area contributed by atoms with Crippen molar-refractivity contribution in [2.75, 3.05) is 0 Å². The zero-order chi connectivity index (χ0) is 15.7. The zero-order valence-corrected chi connectivity index (χ0v) is 14.5. The van der Waals surface area contributed by atoms with Crippen molar-refractivity contribution in [1.82, 2.24) is 0 Å². The standard InChI is InChI=1S/C20H32O2/c1-12-11-20(3)13(10-17(12)21)4-5-14-15-6-7-18(22)19(15,2)9-8-16(14)20/h12-16,18,22H,4-11H2,1-3H3/t12-,13?,14+,15+,16+,18?,19+,20+/m1/s1. The van der Waals surface area contributed by atoms with Gasteiger partial charge in [-0.25, -0.2) is 0 Å². The second kappa shape index (κ2) is 4.82. The molecule has 124 valence electrons. The SMILES string of the molecule is C[C@@H]1C[C@@]2(C)C(CC[C@@H]3[C@@H]2CC[C@]2(C)C(O)CC[C@@H]32)CC1=O. The molecule has 0 bridgehead atoms. The van der Waals surface area contributed by atoms with E-state index in [4.69, 9.17) is 0 Å². The van der Waals surface area contributed by atoms with Gasteiger partial charge in [-0.05, 0) is 79.4 Å². The molecule has 0 radical (unpaired) electrons. The fourth-order valence-electron chi connectivity index (χ4n) is 7.38. The lowest BCUT2D eigenvalue weighted by Gasteiger charge is -2.60. The smallest absolute Gasteiger partial charge is 0.136 e. The van der Waals surface area contributed by atoms with Crippen molar-refractivity contribution in [1.29, 1.82) is 0 Å². The highest BCUT2D eigenvalue weighted by Gasteiger charge is 2.60. The van der Waals surface area contributed by atoms with Crippen LogP contribution in [-0.4, -0.2) is 17.0 Å². The van der Waals surface area contributed by atoms with Crippen LogP contribution in [0.1, 0.15) is 72.1 Å². The van der Waals surface area contributed by atoms with E-state index in [2.05, 4.69) is 20.8 Å². The quantitative estimate of drug-likeness (QED) is 0.728. The first-order valence-electron chi connectivity index (χ1n) is 9.57. The molecule has 8 atom stereocenters. The number of rotatable bonds is 0. The number of hydrogen-bond acceptors (Lipinski definition) is 2. The Morgan fingerprint density at radius 2 is 1.73 bits per heavy atom. The number of carbonyl (C=O) groups excluding carboxylic acids is 1. The van der Waals surface area contributed by atoms with Gasteiger partial charge in [0.05, 0.1) is 6.10 Å². The lowest BCUT2D eigenvalue weighted by molar-refractivity contribution is -0.148. The van der Waals surface area contributed by atoms with Crippen molar-refractivity contribution in [3.05, 3.63) is 0 Å². The van der Waals surface area contributed by atoms with E-state index in [1.54, 1.807) is 0 Å². The molecule has 4 rings (SSSR count). The van der Waals surface area contributed by atoms with Crippen LogP contribution in [0.3, 0.4) is 0 Å². The largest absolute Gasteiger partial charge is 0.393 e. The van der Waals surface area contributed by atoms with Crippen LogP contribution in [-0.2, 0) is 4.79 Å². The molecule has 2 nitrogen and oxygen atoms in total. The van der Waals surface area contributed by atoms with E-state index in [0.717, 1.165) is 37.0 Å². The number of hydrogen-bond donors (Lipinski definition) is 1. The summed E-state index contributed by atoms with van der Waals surface area (Å²) in [5.41, 5.74) is 0.561. The average Bonchev–Trinajstić information content (AvgIpc) is 2.77. The molecule has 4 fully saturated rings. The average molecular weight is 304 g/mol. The highest BCUT2D eigenvalue weighted by molar-refractivity contribution is 5.82. The first-order chi connectivity index (χ1) is 10.4. The topological polar surface area (TPSA) is 37.3 Å². The summed E-state index contributed by atoms with van der Waals surface area (Å²) in [7, 11) is 0. The Bertz CT molecular complexity index is 486. The van der Waals surface area contributed by atoms with Crippen molar-refractivity contribution in [3.63, 3.8) is 0 Å². The fourth-order valence-corrected chi connectivity index (χ4v) is 7.38. The van der Waals surface area contributed by atoms with E-state index in [1.807, 2.05) is 0 Å². The minimum absolute atomic E-state index is 0.0733. The van der Waals surface area contributed by atoms with Gasteiger partial charge in [0.1, 0.15) is 5.78 Å². The lowest BCUT2D eigenvalue weighted by Crippen LogP contribution is -2.55. The van der Waals surface area contributed by atoms with E-state index in [1.165, 1.54) is 32.1 Å². The summed E-state index contributed by atoms with van der Waals surface area (Å²) in [6, 6.07) is 0. The monoisotopic (exact) mass is 304 g/mol. The minimum Gasteiger partial charge on any atom is -0.393 e. The predicted molar refractivity (Wildman–Crippen MR) is 87.3 cm³/mol. The molecule has 0 heterocycles. The summed E-state index contributed by atoms with van der Waals surface area (Å²) in [6.45, 7) is 7.01. The Morgan fingerprint density at radius 3 is 2.50 bits per heavy atom. The molecule has 0 amide bonds. The van der Waals surface area contributed by atoms with E-state index >= 15 is 0 Å². The molecule has 0 aromatic carbocycles. The summed E-state index contributed by atoms with van der Waals surface area (Å²) in [5, 5.41) is 10.5. The van der Waals surface area contributed by atoms with Gasteiger partial charge in [-0.15, -0.1) is 0 Å². The molecule has 0 saturated heterocycles. The molecule has 0 spiro atoms. The van der Waals surface area contributed by atoms with Crippen LogP contribution < -0.4 is 0 Å². The van der Waals surface area contributed by atoms with Gasteiger partial charge in [0, 0.05) is 12.3 Å². The molecule has 2 heteroatoms. The van der Waals surface area contributed by atoms with Crippen molar-refractivity contribution in [2.45, 2.75) is 78.2 Å². The predicted octanol–water partition coefficient (Wildman–Crippen LogP) is 4.21. The molecule has 4 aliphatic rings. The van der Waals surface area contributed by atoms with Crippen LogP contribution in [0.2, 0.25) is 0 Å². The van der Waals surface area contributed by atoms with E-state index in [9.17, 15) is 9.90 Å². The molecule has 22 heavy (non-hydrogen) atoms. The molecular weight excluding hydrogens is 272 g/mol. The lowest BCUT2D eigenvalue weighted by atomic mass is 9.44. The highest BCUT2D eigenvalue weighted by atomic mass is 16.3. The van der Waals surface area contributed by atoms with Gasteiger partial charge >= 0.3 is 0 Å². The Kier molecular flexibility index (Phi) is 3.32.